The number of nitrogens with zero attached hydrogens (tertiary/aromatic N) is 1. The van der Waals surface area contributed by atoms with Gasteiger partial charge in [-0.2, -0.15) is 0 Å². The van der Waals surface area contributed by atoms with Crippen molar-refractivity contribution in [3.05, 3.63) is 53.2 Å². The largest absolute Gasteiger partial charge is 0.496 e. The molecule has 0 atom stereocenters. The fourth-order valence-electron chi connectivity index (χ4n) is 3.08. The average Bonchev–Trinajstić information content (AvgIpc) is 3.28. The number of imide groups is 1. The van der Waals surface area contributed by atoms with Gasteiger partial charge in [0, 0.05) is 17.3 Å². The van der Waals surface area contributed by atoms with E-state index < -0.39 is 24.4 Å². The Morgan fingerprint density at radius 1 is 1.20 bits per heavy atom. The van der Waals surface area contributed by atoms with Gasteiger partial charge in [0.25, 0.3) is 5.91 Å². The maximum atomic E-state index is 12.7. The number of nitrogens with one attached hydrogen (secondary N) is 2. The lowest BCUT2D eigenvalue weighted by Crippen LogP contribution is -2.38. The number of ether oxygens (including phenoxy) is 3. The van der Waals surface area contributed by atoms with E-state index in [9.17, 15) is 14.4 Å². The maximum absolute atomic E-state index is 12.7. The zero-order valence-electron chi connectivity index (χ0n) is 16.4. The van der Waals surface area contributed by atoms with Crippen molar-refractivity contribution in [2.45, 2.75) is 6.92 Å². The normalized spacial score (nSPS) is 16.1. The Morgan fingerprint density at radius 2 is 1.90 bits per heavy atom. The molecule has 9 nitrogen and oxygen atoms in total. The van der Waals surface area contributed by atoms with Crippen molar-refractivity contribution in [2.24, 2.45) is 0 Å². The number of amides is 4. The Balaban J connectivity index is 1.50. The predicted octanol–water partition coefficient (Wildman–Crippen LogP) is 2.26. The minimum absolute atomic E-state index is 0.0281. The lowest BCUT2D eigenvalue weighted by atomic mass is 10.1. The Kier molecular flexibility index (Phi) is 5.01. The Hall–Kier alpha value is -4.01. The maximum Gasteiger partial charge on any atom is 0.329 e. The number of urea groups is 1. The quantitative estimate of drug-likeness (QED) is 0.580. The van der Waals surface area contributed by atoms with Crippen LogP contribution in [-0.2, 0) is 9.59 Å². The molecule has 1 saturated heterocycles. The third kappa shape index (κ3) is 3.77. The number of carbonyl (C=O) groups excluding carboxylic acids is 3. The standard InChI is InChI=1S/C21H19N3O6/c1-12-3-5-14(6-4-12)22-19(25)10-24-20(26)15(23-21(24)27)7-13-8-17-18(30-11-29-17)9-16(13)28-2/h3-9H,10-11H2,1-2H3,(H,22,25)(H,23,27). The summed E-state index contributed by atoms with van der Waals surface area (Å²) in [4.78, 5) is 38.1. The number of hydrogen-bond donors (Lipinski definition) is 2. The number of methoxy groups -OCH3 is 1. The smallest absolute Gasteiger partial charge is 0.329 e. The predicted molar refractivity (Wildman–Crippen MR) is 107 cm³/mol. The molecule has 2 aliphatic rings. The van der Waals surface area contributed by atoms with Gasteiger partial charge in [0.05, 0.1) is 7.11 Å². The third-order valence-electron chi connectivity index (χ3n) is 4.62. The van der Waals surface area contributed by atoms with Crippen LogP contribution in [0.1, 0.15) is 11.1 Å². The van der Waals surface area contributed by atoms with Gasteiger partial charge in [0.2, 0.25) is 12.7 Å². The van der Waals surface area contributed by atoms with Crippen LogP contribution in [0.5, 0.6) is 17.2 Å². The summed E-state index contributed by atoms with van der Waals surface area (Å²) in [5.41, 5.74) is 2.19. The fraction of sp³-hybridized carbons (Fsp3) is 0.190. The van der Waals surface area contributed by atoms with Gasteiger partial charge in [-0.15, -0.1) is 0 Å². The van der Waals surface area contributed by atoms with E-state index in [0.717, 1.165) is 10.5 Å². The van der Waals surface area contributed by atoms with Crippen LogP contribution in [-0.4, -0.2) is 43.2 Å². The summed E-state index contributed by atoms with van der Waals surface area (Å²) in [5, 5.41) is 5.15. The molecule has 30 heavy (non-hydrogen) atoms. The van der Waals surface area contributed by atoms with E-state index in [1.165, 1.54) is 13.2 Å². The van der Waals surface area contributed by atoms with Crippen molar-refractivity contribution in [2.75, 3.05) is 25.8 Å². The first kappa shape index (κ1) is 19.3. The molecule has 154 valence electrons. The highest BCUT2D eigenvalue weighted by Gasteiger charge is 2.35. The SMILES string of the molecule is COc1cc2c(cc1C=C1NC(=O)N(CC(=O)Nc3ccc(C)cc3)C1=O)OCO2. The van der Waals surface area contributed by atoms with Crippen molar-refractivity contribution in [3.63, 3.8) is 0 Å². The molecule has 0 aliphatic carbocycles. The summed E-state index contributed by atoms with van der Waals surface area (Å²) >= 11 is 0. The molecule has 0 saturated carbocycles. The van der Waals surface area contributed by atoms with Crippen LogP contribution in [0.15, 0.2) is 42.1 Å². The highest BCUT2D eigenvalue weighted by molar-refractivity contribution is 6.16. The van der Waals surface area contributed by atoms with E-state index in [4.69, 9.17) is 14.2 Å². The van der Waals surface area contributed by atoms with Gasteiger partial charge in [0.1, 0.15) is 18.0 Å². The first-order valence-corrected chi connectivity index (χ1v) is 9.13. The molecule has 0 spiro atoms. The van der Waals surface area contributed by atoms with Gasteiger partial charge < -0.3 is 24.8 Å². The van der Waals surface area contributed by atoms with E-state index in [1.807, 2.05) is 19.1 Å². The van der Waals surface area contributed by atoms with E-state index in [0.29, 0.717) is 28.5 Å². The molecule has 2 heterocycles. The highest BCUT2D eigenvalue weighted by Crippen LogP contribution is 2.39. The van der Waals surface area contributed by atoms with Crippen LogP contribution in [0.2, 0.25) is 0 Å². The Morgan fingerprint density at radius 3 is 2.60 bits per heavy atom. The summed E-state index contributed by atoms with van der Waals surface area (Å²) in [5.74, 6) is 0.395. The van der Waals surface area contributed by atoms with Gasteiger partial charge in [-0.1, -0.05) is 17.7 Å². The molecule has 2 N–H and O–H groups in total. The van der Waals surface area contributed by atoms with Crippen molar-refractivity contribution in [1.82, 2.24) is 10.2 Å². The van der Waals surface area contributed by atoms with Crippen molar-refractivity contribution >= 4 is 29.6 Å². The van der Waals surface area contributed by atoms with E-state index in [2.05, 4.69) is 10.6 Å². The number of hydrogen-bond acceptors (Lipinski definition) is 6. The van der Waals surface area contributed by atoms with Gasteiger partial charge in [-0.25, -0.2) is 9.69 Å². The number of fused-ring (bicyclic) bond motifs is 1. The second kappa shape index (κ2) is 7.78. The number of rotatable bonds is 5. The molecule has 1 fully saturated rings. The van der Waals surface area contributed by atoms with Gasteiger partial charge in [-0.05, 0) is 31.2 Å². The molecule has 0 bridgehead atoms. The molecule has 2 aromatic rings. The van der Waals surface area contributed by atoms with Crippen LogP contribution in [0, 0.1) is 6.92 Å². The topological polar surface area (TPSA) is 106 Å². The van der Waals surface area contributed by atoms with Gasteiger partial charge >= 0.3 is 6.03 Å². The second-order valence-corrected chi connectivity index (χ2v) is 6.74. The van der Waals surface area contributed by atoms with Gasteiger partial charge in [-0.3, -0.25) is 9.59 Å². The van der Waals surface area contributed by atoms with Crippen molar-refractivity contribution in [3.8, 4) is 17.2 Å². The molecular formula is C21H19N3O6. The molecule has 0 aromatic heterocycles. The molecule has 2 aliphatic heterocycles. The first-order valence-electron chi connectivity index (χ1n) is 9.13. The van der Waals surface area contributed by atoms with Crippen LogP contribution >= 0.6 is 0 Å². The highest BCUT2D eigenvalue weighted by atomic mass is 16.7. The zero-order chi connectivity index (χ0) is 21.3. The van der Waals surface area contributed by atoms with E-state index in [1.54, 1.807) is 24.3 Å². The summed E-state index contributed by atoms with van der Waals surface area (Å²) in [7, 11) is 1.48. The van der Waals surface area contributed by atoms with Crippen molar-refractivity contribution < 1.29 is 28.6 Å². The third-order valence-corrected chi connectivity index (χ3v) is 4.62. The fourth-order valence-corrected chi connectivity index (χ4v) is 3.08. The summed E-state index contributed by atoms with van der Waals surface area (Å²) in [6, 6.07) is 9.81. The zero-order valence-corrected chi connectivity index (χ0v) is 16.4. The Bertz CT molecular complexity index is 1060. The number of aryl methyl sites for hydroxylation is 1. The monoisotopic (exact) mass is 409 g/mol. The molecule has 2 aromatic carbocycles. The van der Waals surface area contributed by atoms with E-state index >= 15 is 0 Å². The molecule has 0 unspecified atom stereocenters. The summed E-state index contributed by atoms with van der Waals surface area (Å²) < 4.78 is 16.0. The summed E-state index contributed by atoms with van der Waals surface area (Å²) in [6.07, 6.45) is 1.47. The average molecular weight is 409 g/mol. The van der Waals surface area contributed by atoms with E-state index in [-0.39, 0.29) is 12.5 Å². The van der Waals surface area contributed by atoms with Crippen molar-refractivity contribution in [1.29, 1.82) is 0 Å². The van der Waals surface area contributed by atoms with Crippen LogP contribution in [0.25, 0.3) is 6.08 Å². The molecule has 0 radical (unpaired) electrons. The molecular weight excluding hydrogens is 390 g/mol. The first-order chi connectivity index (χ1) is 14.4. The van der Waals surface area contributed by atoms with Crippen LogP contribution in [0.4, 0.5) is 10.5 Å². The second-order valence-electron chi connectivity index (χ2n) is 6.74. The van der Waals surface area contributed by atoms with Crippen LogP contribution in [0.3, 0.4) is 0 Å². The minimum Gasteiger partial charge on any atom is -0.496 e. The minimum atomic E-state index is -0.676. The lowest BCUT2D eigenvalue weighted by Gasteiger charge is -2.12. The molecule has 9 heteroatoms. The number of benzene rings is 2. The number of carbonyl (C=O) groups is 3. The van der Waals surface area contributed by atoms with Gasteiger partial charge in [0.15, 0.2) is 11.5 Å². The summed E-state index contributed by atoms with van der Waals surface area (Å²) in [6.45, 7) is 1.62. The van der Waals surface area contributed by atoms with Crippen LogP contribution < -0.4 is 24.8 Å². The molecule has 4 amide bonds. The molecule has 4 rings (SSSR count). The lowest BCUT2D eigenvalue weighted by molar-refractivity contribution is -0.127. The number of anilines is 1. The Labute approximate surface area is 172 Å².